The molecule has 162 valence electrons. The van der Waals surface area contributed by atoms with Gasteiger partial charge < -0.3 is 4.74 Å². The third-order valence-corrected chi connectivity index (χ3v) is 6.48. The number of aromatic nitrogens is 2. The van der Waals surface area contributed by atoms with Crippen LogP contribution in [0.2, 0.25) is 20.1 Å². The largest absolute Gasteiger partial charge is 0.487 e. The van der Waals surface area contributed by atoms with Gasteiger partial charge in [0.25, 0.3) is 0 Å². The van der Waals surface area contributed by atoms with Crippen LogP contribution >= 0.6 is 59.0 Å². The molecule has 0 atom stereocenters. The quantitative estimate of drug-likeness (QED) is 0.258. The molecule has 32 heavy (non-hydrogen) atoms. The van der Waals surface area contributed by atoms with E-state index < -0.39 is 0 Å². The highest BCUT2D eigenvalue weighted by Crippen LogP contribution is 2.45. The molecule has 0 aliphatic carbocycles. The summed E-state index contributed by atoms with van der Waals surface area (Å²) in [5.41, 5.74) is 4.06. The van der Waals surface area contributed by atoms with Crippen molar-refractivity contribution < 1.29 is 4.74 Å². The Morgan fingerprint density at radius 3 is 2.06 bits per heavy atom. The van der Waals surface area contributed by atoms with E-state index in [1.54, 1.807) is 36.7 Å². The summed E-state index contributed by atoms with van der Waals surface area (Å²) in [7, 11) is 0. The fourth-order valence-corrected chi connectivity index (χ4v) is 4.26. The Hall–Kier alpha value is -1.95. The monoisotopic (exact) mass is 520 g/mol. The number of ether oxygens (including phenoxy) is 1. The van der Waals surface area contributed by atoms with Crippen LogP contribution in [0.15, 0.2) is 67.0 Å². The van der Waals surface area contributed by atoms with Gasteiger partial charge in [-0.3, -0.25) is 0 Å². The van der Waals surface area contributed by atoms with Crippen molar-refractivity contribution in [1.82, 2.24) is 9.97 Å². The Kier molecular flexibility index (Phi) is 7.49. The first-order valence-electron chi connectivity index (χ1n) is 9.54. The molecule has 0 spiro atoms. The van der Waals surface area contributed by atoms with E-state index in [9.17, 15) is 0 Å². The minimum atomic E-state index is 0.231. The Bertz CT molecular complexity index is 1270. The highest BCUT2D eigenvalue weighted by atomic mass is 35.5. The first kappa shape index (κ1) is 23.2. The number of benzene rings is 3. The number of nitrogens with zero attached hydrogens (tertiary/aromatic N) is 2. The third-order valence-electron chi connectivity index (χ3n) is 4.77. The summed E-state index contributed by atoms with van der Waals surface area (Å²) in [4.78, 5) is 8.82. The average molecular weight is 522 g/mol. The normalized spacial score (nSPS) is 10.9. The second kappa shape index (κ2) is 10.3. The molecule has 0 saturated carbocycles. The number of rotatable bonds is 6. The number of thiol groups is 1. The molecule has 4 aromatic rings. The Balaban J connectivity index is 1.85. The molecule has 3 nitrogen and oxygen atoms in total. The fourth-order valence-electron chi connectivity index (χ4n) is 3.23. The minimum Gasteiger partial charge on any atom is -0.487 e. The molecule has 0 radical (unpaired) electrons. The van der Waals surface area contributed by atoms with Crippen molar-refractivity contribution >= 4 is 59.0 Å². The van der Waals surface area contributed by atoms with E-state index in [0.717, 1.165) is 22.3 Å². The molecule has 0 aliphatic rings. The lowest BCUT2D eigenvalue weighted by atomic mass is 9.96. The second-order valence-electron chi connectivity index (χ2n) is 6.88. The summed E-state index contributed by atoms with van der Waals surface area (Å²) < 4.78 is 6.21. The van der Waals surface area contributed by atoms with Crippen molar-refractivity contribution in [2.45, 2.75) is 12.4 Å². The molecule has 1 heterocycles. The molecular formula is C24H16Cl4N2OS. The van der Waals surface area contributed by atoms with Gasteiger partial charge in [-0.05, 0) is 47.5 Å². The lowest BCUT2D eigenvalue weighted by molar-refractivity contribution is 0.308. The predicted molar refractivity (Wildman–Crippen MR) is 136 cm³/mol. The van der Waals surface area contributed by atoms with Gasteiger partial charge in [0.2, 0.25) is 0 Å². The van der Waals surface area contributed by atoms with Gasteiger partial charge in [0, 0.05) is 39.9 Å². The van der Waals surface area contributed by atoms with E-state index in [2.05, 4.69) is 22.6 Å². The van der Waals surface area contributed by atoms with E-state index in [0.29, 0.717) is 43.0 Å². The fraction of sp³-hybridized carbons (Fsp3) is 0.0833. The molecule has 0 saturated heterocycles. The van der Waals surface area contributed by atoms with Crippen molar-refractivity contribution in [2.75, 3.05) is 0 Å². The summed E-state index contributed by atoms with van der Waals surface area (Å²) in [5, 5.41) is 1.92. The van der Waals surface area contributed by atoms with Crippen LogP contribution in [0.25, 0.3) is 22.5 Å². The zero-order valence-electron chi connectivity index (χ0n) is 16.5. The first-order valence-corrected chi connectivity index (χ1v) is 11.7. The van der Waals surface area contributed by atoms with Crippen LogP contribution in [-0.2, 0) is 12.4 Å². The van der Waals surface area contributed by atoms with E-state index in [-0.39, 0.29) is 6.61 Å². The maximum atomic E-state index is 6.68. The van der Waals surface area contributed by atoms with Gasteiger partial charge in [0.15, 0.2) is 5.82 Å². The molecule has 8 heteroatoms. The van der Waals surface area contributed by atoms with E-state index >= 15 is 0 Å². The topological polar surface area (TPSA) is 35.0 Å². The molecule has 4 rings (SSSR count). The summed E-state index contributed by atoms with van der Waals surface area (Å²) >= 11 is 29.8. The number of hydrogen-bond donors (Lipinski definition) is 1. The number of halogens is 4. The molecule has 0 N–H and O–H groups in total. The Morgan fingerprint density at radius 1 is 0.719 bits per heavy atom. The van der Waals surface area contributed by atoms with Gasteiger partial charge in [-0.1, -0.05) is 64.6 Å². The lowest BCUT2D eigenvalue weighted by Crippen LogP contribution is -2.01. The lowest BCUT2D eigenvalue weighted by Gasteiger charge is -2.18. The van der Waals surface area contributed by atoms with E-state index in [4.69, 9.17) is 51.1 Å². The SMILES string of the molecule is SCc1ccc(-c2c(-c3ncccn3)ccc(Cl)c2OCc2ccc(Cl)c(Cl)c2)c(Cl)c1. The van der Waals surface area contributed by atoms with Crippen LogP contribution in [-0.4, -0.2) is 9.97 Å². The summed E-state index contributed by atoms with van der Waals surface area (Å²) in [6, 6.07) is 16.5. The second-order valence-corrected chi connectivity index (χ2v) is 8.83. The standard InChI is InChI=1S/C24H16Cl4N2OS/c25-18-6-3-14(10-21(18)28)12-31-23-19(26)7-5-17(24-29-8-1-9-30-24)22(23)16-4-2-15(13-32)11-20(16)27/h1-11,32H,12-13H2. The van der Waals surface area contributed by atoms with Gasteiger partial charge in [-0.2, -0.15) is 12.6 Å². The predicted octanol–water partition coefficient (Wildman–Crippen LogP) is 8.43. The van der Waals surface area contributed by atoms with Crippen LogP contribution in [0.5, 0.6) is 5.75 Å². The highest BCUT2D eigenvalue weighted by Gasteiger charge is 2.21. The summed E-state index contributed by atoms with van der Waals surface area (Å²) in [6.45, 7) is 0.231. The molecule has 0 aliphatic heterocycles. The van der Waals surface area contributed by atoms with Gasteiger partial charge in [-0.25, -0.2) is 9.97 Å². The van der Waals surface area contributed by atoms with Gasteiger partial charge >= 0.3 is 0 Å². The van der Waals surface area contributed by atoms with Crippen LogP contribution < -0.4 is 4.74 Å². The van der Waals surface area contributed by atoms with Crippen molar-refractivity contribution in [1.29, 1.82) is 0 Å². The smallest absolute Gasteiger partial charge is 0.159 e. The molecular weight excluding hydrogens is 506 g/mol. The van der Waals surface area contributed by atoms with Gasteiger partial charge in [0.05, 0.1) is 15.1 Å². The molecule has 0 fully saturated rings. The van der Waals surface area contributed by atoms with Crippen molar-refractivity contribution in [3.05, 3.63) is 98.2 Å². The van der Waals surface area contributed by atoms with Crippen LogP contribution in [0, 0.1) is 0 Å². The Labute approximate surface area is 211 Å². The van der Waals surface area contributed by atoms with Gasteiger partial charge in [-0.15, -0.1) is 0 Å². The van der Waals surface area contributed by atoms with Crippen LogP contribution in [0.4, 0.5) is 0 Å². The Morgan fingerprint density at radius 2 is 1.38 bits per heavy atom. The van der Waals surface area contributed by atoms with Crippen LogP contribution in [0.1, 0.15) is 11.1 Å². The van der Waals surface area contributed by atoms with Crippen molar-refractivity contribution in [3.63, 3.8) is 0 Å². The first-order chi connectivity index (χ1) is 15.5. The third kappa shape index (κ3) is 5.00. The zero-order chi connectivity index (χ0) is 22.7. The van der Waals surface area contributed by atoms with Crippen LogP contribution in [0.3, 0.4) is 0 Å². The van der Waals surface area contributed by atoms with E-state index in [1.807, 2.05) is 30.3 Å². The molecule has 0 unspecified atom stereocenters. The maximum absolute atomic E-state index is 6.68. The molecule has 0 bridgehead atoms. The number of hydrogen-bond acceptors (Lipinski definition) is 4. The molecule has 0 amide bonds. The maximum Gasteiger partial charge on any atom is 0.159 e. The van der Waals surface area contributed by atoms with E-state index in [1.165, 1.54) is 0 Å². The van der Waals surface area contributed by atoms with Crippen molar-refractivity contribution in [2.24, 2.45) is 0 Å². The molecule has 1 aromatic heterocycles. The highest BCUT2D eigenvalue weighted by molar-refractivity contribution is 7.79. The van der Waals surface area contributed by atoms with Crippen molar-refractivity contribution in [3.8, 4) is 28.3 Å². The summed E-state index contributed by atoms with van der Waals surface area (Å²) in [5.74, 6) is 1.58. The molecule has 3 aromatic carbocycles. The average Bonchev–Trinajstić information content (AvgIpc) is 2.81. The zero-order valence-corrected chi connectivity index (χ0v) is 20.4. The summed E-state index contributed by atoms with van der Waals surface area (Å²) in [6.07, 6.45) is 3.37. The van der Waals surface area contributed by atoms with Gasteiger partial charge in [0.1, 0.15) is 12.4 Å². The minimum absolute atomic E-state index is 0.231.